The van der Waals surface area contributed by atoms with E-state index >= 15 is 0 Å². The molecule has 0 spiro atoms. The van der Waals surface area contributed by atoms with Gasteiger partial charge < -0.3 is 4.74 Å². The van der Waals surface area contributed by atoms with Gasteiger partial charge in [0.1, 0.15) is 0 Å². The Balaban J connectivity index is 1.72. The zero-order valence-corrected chi connectivity index (χ0v) is 15.5. The van der Waals surface area contributed by atoms with E-state index < -0.39 is 0 Å². The summed E-state index contributed by atoms with van der Waals surface area (Å²) in [7, 11) is 1.50. The van der Waals surface area contributed by atoms with Crippen LogP contribution >= 0.6 is 22.9 Å². The quantitative estimate of drug-likeness (QED) is 0.577. The molecule has 0 saturated heterocycles. The summed E-state index contributed by atoms with van der Waals surface area (Å²) in [5.74, 6) is -0.296. The summed E-state index contributed by atoms with van der Waals surface area (Å²) < 4.78 is 9.32. The number of aryl methyl sites for hydroxylation is 1. The molecule has 1 N–H and O–H groups in total. The fourth-order valence-electron chi connectivity index (χ4n) is 2.53. The van der Waals surface area contributed by atoms with Crippen molar-refractivity contribution < 1.29 is 9.53 Å². The molecule has 0 aliphatic carbocycles. The number of hydrogen-bond donors (Lipinski definition) is 1. The molecular formula is C17H13N5O2S2. The molecule has 9 heteroatoms. The van der Waals surface area contributed by atoms with Gasteiger partial charge in [-0.2, -0.15) is 4.37 Å². The number of benzene rings is 1. The van der Waals surface area contributed by atoms with Gasteiger partial charge >= 0.3 is 0 Å². The molecule has 0 radical (unpaired) electrons. The van der Waals surface area contributed by atoms with Gasteiger partial charge in [0.25, 0.3) is 11.1 Å². The summed E-state index contributed by atoms with van der Waals surface area (Å²) >= 11 is 2.57. The predicted octanol–water partition coefficient (Wildman–Crippen LogP) is 3.78. The highest BCUT2D eigenvalue weighted by atomic mass is 32.1. The lowest BCUT2D eigenvalue weighted by atomic mass is 9.99. The summed E-state index contributed by atoms with van der Waals surface area (Å²) in [4.78, 5) is 17.0. The van der Waals surface area contributed by atoms with Crippen molar-refractivity contribution in [1.82, 2.24) is 19.6 Å². The number of nitrogens with one attached hydrogen (secondary N) is 1. The first kappa shape index (κ1) is 16.6. The minimum atomic E-state index is -0.296. The lowest BCUT2D eigenvalue weighted by Gasteiger charge is -2.10. The first-order valence-electron chi connectivity index (χ1n) is 7.64. The van der Waals surface area contributed by atoms with Gasteiger partial charge in [-0.15, -0.1) is 5.10 Å². The van der Waals surface area contributed by atoms with E-state index in [-0.39, 0.29) is 5.91 Å². The van der Waals surface area contributed by atoms with Crippen LogP contribution in [-0.4, -0.2) is 32.6 Å². The summed E-state index contributed by atoms with van der Waals surface area (Å²) in [6.45, 7) is 1.89. The molecule has 1 amide bonds. The number of aromatic nitrogens is 4. The number of nitrogens with zero attached hydrogens (tertiary/aromatic N) is 4. The Kier molecular flexibility index (Phi) is 4.31. The van der Waals surface area contributed by atoms with Crippen molar-refractivity contribution in [1.29, 1.82) is 0 Å². The second-order valence-corrected chi connectivity index (χ2v) is 7.06. The third-order valence-electron chi connectivity index (χ3n) is 3.76. The van der Waals surface area contributed by atoms with E-state index in [1.165, 1.54) is 18.6 Å². The topological polar surface area (TPSA) is 89.9 Å². The maximum absolute atomic E-state index is 12.8. The summed E-state index contributed by atoms with van der Waals surface area (Å²) in [6.07, 6.45) is 1.58. The minimum absolute atomic E-state index is 0.296. The van der Waals surface area contributed by atoms with Gasteiger partial charge in [-0.25, -0.2) is 0 Å². The van der Waals surface area contributed by atoms with Crippen LogP contribution in [0, 0.1) is 6.92 Å². The molecule has 26 heavy (non-hydrogen) atoms. The van der Waals surface area contributed by atoms with E-state index in [1.54, 1.807) is 6.20 Å². The summed E-state index contributed by atoms with van der Waals surface area (Å²) in [5.41, 5.74) is 3.98. The number of fused-ring (bicyclic) bond motifs is 1. The maximum atomic E-state index is 12.8. The Morgan fingerprint density at radius 1 is 1.23 bits per heavy atom. The van der Waals surface area contributed by atoms with Gasteiger partial charge in [0, 0.05) is 22.7 Å². The van der Waals surface area contributed by atoms with Gasteiger partial charge in [-0.05, 0) is 59.1 Å². The van der Waals surface area contributed by atoms with Crippen LogP contribution in [0.5, 0.6) is 5.19 Å². The van der Waals surface area contributed by atoms with Crippen molar-refractivity contribution in [3.05, 3.63) is 47.1 Å². The monoisotopic (exact) mass is 383 g/mol. The second-order valence-electron chi connectivity index (χ2n) is 5.49. The summed E-state index contributed by atoms with van der Waals surface area (Å²) in [5, 5.41) is 14.2. The number of rotatable bonds is 4. The van der Waals surface area contributed by atoms with Crippen molar-refractivity contribution in [2.75, 3.05) is 12.4 Å². The van der Waals surface area contributed by atoms with E-state index in [2.05, 4.69) is 24.9 Å². The molecule has 7 nitrogen and oxygen atoms in total. The molecule has 0 aliphatic rings. The average molecular weight is 383 g/mol. The van der Waals surface area contributed by atoms with Crippen molar-refractivity contribution in [2.24, 2.45) is 0 Å². The fraction of sp³-hybridized carbons (Fsp3) is 0.118. The van der Waals surface area contributed by atoms with Crippen molar-refractivity contribution in [3.63, 3.8) is 0 Å². The number of ether oxygens (including phenoxy) is 1. The lowest BCUT2D eigenvalue weighted by Crippen LogP contribution is -2.13. The SMILES string of the molecule is COc1nnc(NC(=O)c2cnc(C)cc2-c2ccc3nscc3c2)s1. The van der Waals surface area contributed by atoms with Gasteiger partial charge in [0.2, 0.25) is 5.13 Å². The molecule has 0 saturated carbocycles. The highest BCUT2D eigenvalue weighted by Crippen LogP contribution is 2.29. The number of carbonyl (C=O) groups excluding carboxylic acids is 1. The first-order chi connectivity index (χ1) is 12.6. The van der Waals surface area contributed by atoms with Gasteiger partial charge in [0.05, 0.1) is 18.2 Å². The molecule has 0 bridgehead atoms. The molecule has 4 rings (SSSR count). The lowest BCUT2D eigenvalue weighted by molar-refractivity contribution is 0.102. The van der Waals surface area contributed by atoms with Crippen LogP contribution in [0.4, 0.5) is 5.13 Å². The van der Waals surface area contributed by atoms with E-state index in [4.69, 9.17) is 4.74 Å². The predicted molar refractivity (Wildman–Crippen MR) is 102 cm³/mol. The molecule has 0 aliphatic heterocycles. The summed E-state index contributed by atoms with van der Waals surface area (Å²) in [6, 6.07) is 7.84. The van der Waals surface area contributed by atoms with Crippen molar-refractivity contribution in [2.45, 2.75) is 6.92 Å². The van der Waals surface area contributed by atoms with Crippen LogP contribution < -0.4 is 10.1 Å². The normalized spacial score (nSPS) is 10.8. The molecule has 0 unspecified atom stereocenters. The van der Waals surface area contributed by atoms with Crippen molar-refractivity contribution >= 4 is 44.8 Å². The highest BCUT2D eigenvalue weighted by molar-refractivity contribution is 7.17. The molecule has 0 atom stereocenters. The number of pyridine rings is 1. The molecule has 130 valence electrons. The Labute approximate surface area is 156 Å². The third kappa shape index (κ3) is 3.14. The molecule has 0 fully saturated rings. The van der Waals surface area contributed by atoms with Crippen LogP contribution in [0.15, 0.2) is 35.8 Å². The van der Waals surface area contributed by atoms with Crippen LogP contribution in [0.2, 0.25) is 0 Å². The zero-order chi connectivity index (χ0) is 18.1. The zero-order valence-electron chi connectivity index (χ0n) is 13.9. The number of anilines is 1. The van der Waals surface area contributed by atoms with Gasteiger partial charge in [-0.1, -0.05) is 11.2 Å². The van der Waals surface area contributed by atoms with Crippen LogP contribution in [-0.2, 0) is 0 Å². The second kappa shape index (κ2) is 6.77. The minimum Gasteiger partial charge on any atom is -0.472 e. The Hall–Kier alpha value is -2.91. The number of methoxy groups -OCH3 is 1. The molecular weight excluding hydrogens is 370 g/mol. The number of carbonyl (C=O) groups is 1. The maximum Gasteiger partial charge on any atom is 0.295 e. The number of hydrogen-bond acceptors (Lipinski definition) is 8. The standard InChI is InChI=1S/C17H13N5O2S2/c1-9-5-12(10-3-4-14-11(6-10)8-25-22-14)13(7-18-9)15(23)19-16-20-21-17(24-2)26-16/h3-8H,1-2H3,(H,19,20,23). The largest absolute Gasteiger partial charge is 0.472 e. The van der Waals surface area contributed by atoms with Crippen molar-refractivity contribution in [3.8, 4) is 16.3 Å². The molecule has 1 aromatic carbocycles. The molecule has 3 heterocycles. The van der Waals surface area contributed by atoms with Crippen LogP contribution in [0.1, 0.15) is 16.1 Å². The highest BCUT2D eigenvalue weighted by Gasteiger charge is 2.17. The Morgan fingerprint density at radius 3 is 2.92 bits per heavy atom. The van der Waals surface area contributed by atoms with E-state index in [0.717, 1.165) is 39.1 Å². The average Bonchev–Trinajstić information content (AvgIpc) is 3.29. The number of amides is 1. The molecule has 3 aromatic heterocycles. The van der Waals surface area contributed by atoms with E-state index in [9.17, 15) is 4.79 Å². The van der Waals surface area contributed by atoms with Crippen LogP contribution in [0.25, 0.3) is 22.0 Å². The third-order valence-corrected chi connectivity index (χ3v) is 5.22. The van der Waals surface area contributed by atoms with E-state index in [0.29, 0.717) is 15.9 Å². The first-order valence-corrected chi connectivity index (χ1v) is 9.29. The van der Waals surface area contributed by atoms with Gasteiger partial charge in [-0.3, -0.25) is 15.1 Å². The van der Waals surface area contributed by atoms with Gasteiger partial charge in [0.15, 0.2) is 0 Å². The molecule has 4 aromatic rings. The fourth-order valence-corrected chi connectivity index (χ4v) is 3.72. The van der Waals surface area contributed by atoms with Crippen LogP contribution in [0.3, 0.4) is 0 Å². The Bertz CT molecular complexity index is 1110. The van der Waals surface area contributed by atoms with E-state index in [1.807, 2.05) is 36.6 Å². The smallest absolute Gasteiger partial charge is 0.295 e. The Morgan fingerprint density at radius 2 is 2.12 bits per heavy atom.